The maximum absolute atomic E-state index is 10.4. The van der Waals surface area contributed by atoms with Crippen LogP contribution in [0.4, 0.5) is 0 Å². The second-order valence-corrected chi connectivity index (χ2v) is 13.5. The molecule has 0 amide bonds. The molecule has 1 aromatic rings. The van der Waals surface area contributed by atoms with E-state index in [9.17, 15) is 5.11 Å². The molecule has 0 radical (unpaired) electrons. The van der Waals surface area contributed by atoms with Gasteiger partial charge in [-0.1, -0.05) is 51.1 Å². The van der Waals surface area contributed by atoms with Crippen LogP contribution in [-0.2, 0) is 4.43 Å². The van der Waals surface area contributed by atoms with Crippen molar-refractivity contribution < 1.29 is 9.53 Å². The molecule has 0 bridgehead atoms. The molecular weight excluding hydrogens is 328 g/mol. The van der Waals surface area contributed by atoms with Gasteiger partial charge in [0.25, 0.3) is 0 Å². The Kier molecular flexibility index (Phi) is 7.23. The predicted molar refractivity (Wildman–Crippen MR) is 107 cm³/mol. The summed E-state index contributed by atoms with van der Waals surface area (Å²) in [5.41, 5.74) is 1.01. The Morgan fingerprint density at radius 3 is 2.16 bits per heavy atom. The summed E-state index contributed by atoms with van der Waals surface area (Å²) in [6.45, 7) is 18.2. The summed E-state index contributed by atoms with van der Waals surface area (Å²) in [6.07, 6.45) is -0.394. The summed E-state index contributed by atoms with van der Waals surface area (Å²) in [5, 5.41) is 10.7. The van der Waals surface area contributed by atoms with E-state index in [1.807, 2.05) is 30.3 Å². The molecule has 0 aromatic heterocycles. The summed E-state index contributed by atoms with van der Waals surface area (Å²) in [7, 11) is -1.63. The topological polar surface area (TPSA) is 35.9 Å². The molecule has 2 rings (SSSR count). The summed E-state index contributed by atoms with van der Waals surface area (Å²) in [4.78, 5) is 4.85. The number of piperazine rings is 1. The highest BCUT2D eigenvalue weighted by Gasteiger charge is 2.37. The Balaban J connectivity index is 1.68. The van der Waals surface area contributed by atoms with E-state index in [4.69, 9.17) is 4.43 Å². The van der Waals surface area contributed by atoms with E-state index in [2.05, 4.69) is 43.7 Å². The number of hydrogen-bond donors (Lipinski definition) is 1. The highest BCUT2D eigenvalue weighted by molar-refractivity contribution is 6.74. The molecule has 1 atom stereocenters. The molecule has 5 heteroatoms. The first-order valence-electron chi connectivity index (χ1n) is 9.51. The average molecular weight is 365 g/mol. The second kappa shape index (κ2) is 8.78. The lowest BCUT2D eigenvalue weighted by molar-refractivity contribution is 0.0668. The number of β-amino-alcohol motifs (C(OH)–C–C–N with tert-alkyl or cyclic N) is 1. The van der Waals surface area contributed by atoms with Crippen molar-refractivity contribution in [3.63, 3.8) is 0 Å². The van der Waals surface area contributed by atoms with Crippen LogP contribution in [0.1, 0.15) is 32.4 Å². The van der Waals surface area contributed by atoms with Crippen molar-refractivity contribution >= 4 is 8.32 Å². The van der Waals surface area contributed by atoms with Gasteiger partial charge < -0.3 is 9.53 Å². The first-order chi connectivity index (χ1) is 11.7. The number of rotatable bonds is 7. The Bertz CT molecular complexity index is 508. The van der Waals surface area contributed by atoms with Crippen molar-refractivity contribution in [1.29, 1.82) is 0 Å². The van der Waals surface area contributed by atoms with Crippen molar-refractivity contribution in [2.24, 2.45) is 0 Å². The number of aliphatic hydroxyl groups excluding tert-OH is 1. The molecular formula is C20H36N2O2Si. The molecule has 4 nitrogen and oxygen atoms in total. The summed E-state index contributed by atoms with van der Waals surface area (Å²) >= 11 is 0. The second-order valence-electron chi connectivity index (χ2n) is 8.68. The number of aliphatic hydroxyl groups is 1. The Morgan fingerprint density at radius 1 is 1.04 bits per heavy atom. The van der Waals surface area contributed by atoms with Gasteiger partial charge in [0.1, 0.15) is 0 Å². The maximum Gasteiger partial charge on any atom is 0.192 e. The third kappa shape index (κ3) is 6.18. The van der Waals surface area contributed by atoms with Crippen molar-refractivity contribution in [2.45, 2.75) is 45.0 Å². The van der Waals surface area contributed by atoms with Gasteiger partial charge in [-0.3, -0.25) is 9.80 Å². The van der Waals surface area contributed by atoms with E-state index >= 15 is 0 Å². The zero-order chi connectivity index (χ0) is 18.5. The van der Waals surface area contributed by atoms with Crippen molar-refractivity contribution in [3.05, 3.63) is 35.9 Å². The van der Waals surface area contributed by atoms with Gasteiger partial charge in [0.05, 0.1) is 6.10 Å². The number of benzene rings is 1. The third-order valence-corrected chi connectivity index (χ3v) is 10.3. The molecule has 1 aromatic carbocycles. The van der Waals surface area contributed by atoms with Crippen LogP contribution < -0.4 is 0 Å². The van der Waals surface area contributed by atoms with E-state index in [0.717, 1.165) is 51.4 Å². The fourth-order valence-corrected chi connectivity index (χ4v) is 3.90. The number of hydrogen-bond acceptors (Lipinski definition) is 4. The molecule has 1 unspecified atom stereocenters. The number of nitrogens with zero attached hydrogens (tertiary/aromatic N) is 2. The van der Waals surface area contributed by atoms with Crippen LogP contribution in [0.3, 0.4) is 0 Å². The standard InChI is InChI=1S/C20H36N2O2Si/c1-20(2,3)25(4,5)24-16-15-21-11-13-22(14-12-21)17-19(23)18-9-7-6-8-10-18/h6-10,19,23H,11-17H2,1-5H3. The lowest BCUT2D eigenvalue weighted by Crippen LogP contribution is -2.49. The molecule has 0 aliphatic carbocycles. The van der Waals surface area contributed by atoms with Gasteiger partial charge in [-0.2, -0.15) is 0 Å². The molecule has 1 heterocycles. The minimum atomic E-state index is -1.63. The highest BCUT2D eigenvalue weighted by atomic mass is 28.4. The quantitative estimate of drug-likeness (QED) is 0.753. The first kappa shape index (κ1) is 20.6. The Morgan fingerprint density at radius 2 is 1.60 bits per heavy atom. The largest absolute Gasteiger partial charge is 0.416 e. The molecule has 1 saturated heterocycles. The van der Waals surface area contributed by atoms with Gasteiger partial charge in [0.2, 0.25) is 0 Å². The molecule has 0 spiro atoms. The van der Waals surface area contributed by atoms with Gasteiger partial charge in [-0.25, -0.2) is 0 Å². The molecule has 1 aliphatic heterocycles. The van der Waals surface area contributed by atoms with Gasteiger partial charge in [0, 0.05) is 45.9 Å². The minimum absolute atomic E-state index is 0.277. The van der Waals surface area contributed by atoms with Crippen LogP contribution in [0.25, 0.3) is 0 Å². The van der Waals surface area contributed by atoms with Crippen LogP contribution in [-0.4, -0.2) is 69.1 Å². The van der Waals surface area contributed by atoms with Gasteiger partial charge in [-0.15, -0.1) is 0 Å². The zero-order valence-electron chi connectivity index (χ0n) is 16.7. The van der Waals surface area contributed by atoms with Crippen LogP contribution in [0.15, 0.2) is 30.3 Å². The van der Waals surface area contributed by atoms with E-state index in [1.54, 1.807) is 0 Å². The van der Waals surface area contributed by atoms with Gasteiger partial charge >= 0.3 is 0 Å². The molecule has 0 saturated carbocycles. The van der Waals surface area contributed by atoms with E-state index in [0.29, 0.717) is 0 Å². The summed E-state index contributed by atoms with van der Waals surface area (Å²) in [6, 6.07) is 9.96. The molecule has 142 valence electrons. The van der Waals surface area contributed by atoms with E-state index in [-0.39, 0.29) is 5.04 Å². The van der Waals surface area contributed by atoms with E-state index in [1.165, 1.54) is 0 Å². The molecule has 1 aliphatic rings. The third-order valence-electron chi connectivity index (χ3n) is 5.76. The van der Waals surface area contributed by atoms with Gasteiger partial charge in [-0.05, 0) is 23.7 Å². The SMILES string of the molecule is CC(C)(C)[Si](C)(C)OCCN1CCN(CC(O)c2ccccc2)CC1. The van der Waals surface area contributed by atoms with Crippen LogP contribution in [0.2, 0.25) is 18.1 Å². The monoisotopic (exact) mass is 364 g/mol. The normalized spacial score (nSPS) is 19.1. The average Bonchev–Trinajstić information content (AvgIpc) is 2.56. The zero-order valence-corrected chi connectivity index (χ0v) is 17.7. The summed E-state index contributed by atoms with van der Waals surface area (Å²) < 4.78 is 6.29. The van der Waals surface area contributed by atoms with Crippen LogP contribution >= 0.6 is 0 Å². The minimum Gasteiger partial charge on any atom is -0.416 e. The van der Waals surface area contributed by atoms with Crippen LogP contribution in [0, 0.1) is 0 Å². The van der Waals surface area contributed by atoms with Gasteiger partial charge in [0.15, 0.2) is 8.32 Å². The lowest BCUT2D eigenvalue weighted by atomic mass is 10.1. The highest BCUT2D eigenvalue weighted by Crippen LogP contribution is 2.36. The van der Waals surface area contributed by atoms with E-state index < -0.39 is 14.4 Å². The van der Waals surface area contributed by atoms with Crippen LogP contribution in [0.5, 0.6) is 0 Å². The predicted octanol–water partition coefficient (Wildman–Crippen LogP) is 3.36. The van der Waals surface area contributed by atoms with Crippen molar-refractivity contribution in [3.8, 4) is 0 Å². The molecule has 1 fully saturated rings. The van der Waals surface area contributed by atoms with Crippen molar-refractivity contribution in [1.82, 2.24) is 9.80 Å². The fourth-order valence-electron chi connectivity index (χ4n) is 2.87. The Labute approximate surface area is 154 Å². The summed E-state index contributed by atoms with van der Waals surface area (Å²) in [5.74, 6) is 0. The maximum atomic E-state index is 10.4. The smallest absolute Gasteiger partial charge is 0.192 e. The van der Waals surface area contributed by atoms with Crippen molar-refractivity contribution in [2.75, 3.05) is 45.9 Å². The lowest BCUT2D eigenvalue weighted by Gasteiger charge is -2.38. The first-order valence-corrected chi connectivity index (χ1v) is 12.4. The Hall–Kier alpha value is -0.723. The molecule has 25 heavy (non-hydrogen) atoms. The fraction of sp³-hybridized carbons (Fsp3) is 0.700. The molecule has 1 N–H and O–H groups in total.